The van der Waals surface area contributed by atoms with Crippen molar-refractivity contribution in [1.29, 1.82) is 0 Å². The number of alkyl halides is 4. The topological polar surface area (TPSA) is 18.5 Å². The van der Waals surface area contributed by atoms with Gasteiger partial charge in [0.25, 0.3) is 0 Å². The van der Waals surface area contributed by atoms with Crippen molar-refractivity contribution in [3.05, 3.63) is 24.3 Å². The lowest BCUT2D eigenvalue weighted by molar-refractivity contribution is -0.153. The summed E-state index contributed by atoms with van der Waals surface area (Å²) < 4.78 is 89.4. The summed E-state index contributed by atoms with van der Waals surface area (Å²) in [6.45, 7) is -6.97. The van der Waals surface area contributed by atoms with Crippen LogP contribution in [0.15, 0.2) is 24.3 Å². The Morgan fingerprint density at radius 3 is 2.25 bits per heavy atom. The minimum absolute atomic E-state index is 0.580. The predicted molar refractivity (Wildman–Crippen MR) is 57.3 cm³/mol. The fourth-order valence-corrected chi connectivity index (χ4v) is 0.887. The van der Waals surface area contributed by atoms with Crippen molar-refractivity contribution >= 4 is 15.9 Å². The fraction of sp³-hybridized carbons (Fsp3) is 0.400. The van der Waals surface area contributed by atoms with Crippen molar-refractivity contribution in [1.82, 2.24) is 0 Å². The summed E-state index contributed by atoms with van der Waals surface area (Å²) >= 11 is 2.41. The monoisotopic (exact) mass is 304 g/mol. The highest BCUT2D eigenvalue weighted by molar-refractivity contribution is 9.09. The first-order valence-corrected chi connectivity index (χ1v) is 4.69. The van der Waals surface area contributed by atoms with Crippen molar-refractivity contribution in [2.24, 2.45) is 0 Å². The van der Waals surface area contributed by atoms with Crippen LogP contribution in [-0.2, 0) is 0 Å². The number of halogens is 4. The average molecular weight is 305 g/mol. The normalized spacial score (nSPS) is 19.5. The van der Waals surface area contributed by atoms with Gasteiger partial charge < -0.3 is 9.47 Å². The van der Waals surface area contributed by atoms with Gasteiger partial charge in [-0.2, -0.15) is 13.2 Å². The minimum atomic E-state index is -5.32. The van der Waals surface area contributed by atoms with E-state index in [-0.39, 0.29) is 0 Å². The molecule has 0 atom stereocenters. The lowest BCUT2D eigenvalue weighted by Crippen LogP contribution is -2.19. The molecule has 1 aromatic carbocycles. The van der Waals surface area contributed by atoms with Crippen LogP contribution < -0.4 is 9.47 Å². The van der Waals surface area contributed by atoms with Crippen LogP contribution in [0.2, 0.25) is 0 Å². The molecular weight excluding hydrogens is 289 g/mol. The first kappa shape index (κ1) is 6.74. The molecule has 0 bridgehead atoms. The summed E-state index contributed by atoms with van der Waals surface area (Å²) in [5, 5.41) is -2.64. The molecule has 0 unspecified atom stereocenters. The van der Waals surface area contributed by atoms with Crippen LogP contribution in [0.4, 0.5) is 13.2 Å². The molecule has 0 saturated carbocycles. The van der Waals surface area contributed by atoms with E-state index in [4.69, 9.17) is 13.0 Å². The van der Waals surface area contributed by atoms with E-state index < -0.39 is 36.1 Å². The van der Waals surface area contributed by atoms with Crippen molar-refractivity contribution in [3.8, 4) is 11.5 Å². The zero-order chi connectivity index (χ0) is 17.4. The molecule has 0 aromatic heterocycles. The summed E-state index contributed by atoms with van der Waals surface area (Å²) in [6, 6.07) is 4.48. The number of benzene rings is 1. The Balaban J connectivity index is 3.12. The molecule has 0 radical (unpaired) electrons. The van der Waals surface area contributed by atoms with E-state index in [1.54, 1.807) is 0 Å². The molecule has 90 valence electrons. The van der Waals surface area contributed by atoms with Gasteiger partial charge in [0.05, 0.1) is 12.0 Å². The zero-order valence-corrected chi connectivity index (χ0v) is 9.22. The van der Waals surface area contributed by atoms with Crippen LogP contribution in [-0.4, -0.2) is 24.6 Å². The van der Waals surface area contributed by atoms with Gasteiger partial charge in [0.2, 0.25) is 0 Å². The van der Waals surface area contributed by atoms with Crippen LogP contribution in [0, 0.1) is 0 Å². The van der Waals surface area contributed by atoms with Crippen LogP contribution in [0.3, 0.4) is 0 Å². The van der Waals surface area contributed by atoms with E-state index in [1.807, 2.05) is 0 Å². The van der Waals surface area contributed by atoms with Crippen molar-refractivity contribution in [2.75, 3.05) is 18.4 Å². The van der Waals surface area contributed by atoms with Crippen LogP contribution in [0.5, 0.6) is 11.5 Å². The Morgan fingerprint density at radius 1 is 1.19 bits per heavy atom. The summed E-state index contributed by atoms with van der Waals surface area (Å²) in [7, 11) is 0. The molecular formula is C10H10BrF3O2. The third-order valence-corrected chi connectivity index (χ3v) is 1.49. The molecule has 0 saturated heterocycles. The SMILES string of the molecule is [2H]C([2H])(Br)C([2H])([2H])Oc1ccccc1OC([2H])([2H])C(F)(F)F. The summed E-state index contributed by atoms with van der Waals surface area (Å²) in [5.74, 6) is -1.30. The molecule has 0 aliphatic heterocycles. The quantitative estimate of drug-likeness (QED) is 0.776. The zero-order valence-electron chi connectivity index (χ0n) is 13.6. The first-order valence-electron chi connectivity index (χ1n) is 6.90. The molecule has 1 aromatic rings. The Kier molecular flexibility index (Phi) is 2.52. The largest absolute Gasteiger partial charge is 0.489 e. The van der Waals surface area contributed by atoms with Gasteiger partial charge in [0, 0.05) is 8.02 Å². The van der Waals surface area contributed by atoms with E-state index in [0.29, 0.717) is 0 Å². The molecule has 0 heterocycles. The lowest BCUT2D eigenvalue weighted by Gasteiger charge is -2.13. The second kappa shape index (κ2) is 5.98. The predicted octanol–water partition coefficient (Wildman–Crippen LogP) is 3.40. The van der Waals surface area contributed by atoms with Crippen LogP contribution in [0.1, 0.15) is 8.22 Å². The maximum Gasteiger partial charge on any atom is 0.422 e. The van der Waals surface area contributed by atoms with E-state index in [0.717, 1.165) is 12.1 Å². The molecule has 2 nitrogen and oxygen atoms in total. The molecule has 0 aliphatic rings. The van der Waals surface area contributed by atoms with Gasteiger partial charge in [-0.05, 0) is 12.1 Å². The van der Waals surface area contributed by atoms with Gasteiger partial charge in [-0.1, -0.05) is 28.1 Å². The Labute approximate surface area is 108 Å². The molecule has 0 fully saturated rings. The second-order valence-corrected chi connectivity index (χ2v) is 2.84. The minimum Gasteiger partial charge on any atom is -0.489 e. The van der Waals surface area contributed by atoms with Crippen LogP contribution >= 0.6 is 15.9 Å². The maximum absolute atomic E-state index is 12.5. The van der Waals surface area contributed by atoms with E-state index >= 15 is 0 Å². The fourth-order valence-electron chi connectivity index (χ4n) is 0.806. The van der Waals surface area contributed by atoms with Gasteiger partial charge >= 0.3 is 6.18 Å². The molecule has 0 aliphatic carbocycles. The summed E-state index contributed by atoms with van der Waals surface area (Å²) in [5.41, 5.74) is 0. The van der Waals surface area contributed by atoms with Gasteiger partial charge in [0.15, 0.2) is 18.1 Å². The Hall–Kier alpha value is -0.910. The number of hydrogen-bond donors (Lipinski definition) is 0. The van der Waals surface area contributed by atoms with Crippen molar-refractivity contribution in [3.63, 3.8) is 0 Å². The van der Waals surface area contributed by atoms with Crippen LogP contribution in [0.25, 0.3) is 0 Å². The highest BCUT2D eigenvalue weighted by Crippen LogP contribution is 2.28. The van der Waals surface area contributed by atoms with Gasteiger partial charge in [-0.15, -0.1) is 0 Å². The summed E-state index contributed by atoms with van der Waals surface area (Å²) in [4.78, 5) is 0. The molecule has 1 rings (SSSR count). The third kappa shape index (κ3) is 4.74. The molecule has 0 N–H and O–H groups in total. The number of rotatable bonds is 5. The standard InChI is InChI=1S/C10H10BrF3O2/c11-5-6-15-8-3-1-2-4-9(8)16-7-10(12,13)14/h1-4H,5-7H2/i5D2,6D2,7D2. The number of ether oxygens (including phenoxy) is 2. The van der Waals surface area contributed by atoms with E-state index in [1.165, 1.54) is 12.1 Å². The Bertz CT molecular complexity index is 485. The second-order valence-electron chi connectivity index (χ2n) is 2.45. The van der Waals surface area contributed by atoms with E-state index in [9.17, 15) is 13.2 Å². The number of para-hydroxylation sites is 2. The van der Waals surface area contributed by atoms with Gasteiger partial charge in [-0.3, -0.25) is 0 Å². The van der Waals surface area contributed by atoms with Gasteiger partial charge in [0.1, 0.15) is 0 Å². The lowest BCUT2D eigenvalue weighted by atomic mass is 10.3. The first-order chi connectivity index (χ1) is 9.67. The molecule has 0 spiro atoms. The van der Waals surface area contributed by atoms with Crippen molar-refractivity contribution < 1.29 is 30.9 Å². The average Bonchev–Trinajstić information content (AvgIpc) is 2.28. The molecule has 0 amide bonds. The smallest absolute Gasteiger partial charge is 0.422 e. The number of hydrogen-bond acceptors (Lipinski definition) is 2. The highest BCUT2D eigenvalue weighted by atomic mass is 79.9. The molecule has 16 heavy (non-hydrogen) atoms. The Morgan fingerprint density at radius 2 is 1.75 bits per heavy atom. The van der Waals surface area contributed by atoms with E-state index in [2.05, 4.69) is 20.7 Å². The maximum atomic E-state index is 12.5. The van der Waals surface area contributed by atoms with Gasteiger partial charge in [-0.25, -0.2) is 0 Å². The highest BCUT2D eigenvalue weighted by Gasteiger charge is 2.28. The summed E-state index contributed by atoms with van der Waals surface area (Å²) in [6.07, 6.45) is -5.32. The molecule has 6 heteroatoms. The third-order valence-electron chi connectivity index (χ3n) is 1.33. The van der Waals surface area contributed by atoms with Crippen molar-refractivity contribution in [2.45, 2.75) is 6.18 Å².